The lowest BCUT2D eigenvalue weighted by Crippen LogP contribution is -2.41. The zero-order valence-corrected chi connectivity index (χ0v) is 10.4. The molecule has 0 spiro atoms. The first-order valence-electron chi connectivity index (χ1n) is 5.78. The van der Waals surface area contributed by atoms with E-state index in [1.54, 1.807) is 12.5 Å². The molecule has 0 atom stereocenters. The summed E-state index contributed by atoms with van der Waals surface area (Å²) in [6, 6.07) is 2.55. The SMILES string of the molecule is CN(Cc1ccoc1)C(=S)NC1CCCC1. The number of thiocarbonyl (C=S) groups is 1. The molecule has 0 unspecified atom stereocenters. The highest BCUT2D eigenvalue weighted by molar-refractivity contribution is 7.80. The lowest BCUT2D eigenvalue weighted by atomic mass is 10.2. The molecule has 1 fully saturated rings. The highest BCUT2D eigenvalue weighted by atomic mass is 32.1. The summed E-state index contributed by atoms with van der Waals surface area (Å²) in [7, 11) is 2.01. The van der Waals surface area contributed by atoms with Crippen LogP contribution in [0, 0.1) is 0 Å². The van der Waals surface area contributed by atoms with Crippen LogP contribution >= 0.6 is 12.2 Å². The van der Waals surface area contributed by atoms with Crippen molar-refractivity contribution in [2.45, 2.75) is 38.3 Å². The zero-order chi connectivity index (χ0) is 11.4. The predicted molar refractivity (Wildman–Crippen MR) is 68.2 cm³/mol. The number of nitrogens with one attached hydrogen (secondary N) is 1. The Hall–Kier alpha value is -1.03. The summed E-state index contributed by atoms with van der Waals surface area (Å²) in [5.41, 5.74) is 1.15. The summed E-state index contributed by atoms with van der Waals surface area (Å²) >= 11 is 5.37. The molecule has 0 bridgehead atoms. The summed E-state index contributed by atoms with van der Waals surface area (Å²) in [5, 5.41) is 4.26. The molecule has 2 rings (SSSR count). The second kappa shape index (κ2) is 5.34. The summed E-state index contributed by atoms with van der Waals surface area (Å²) in [6.07, 6.45) is 8.60. The maximum atomic E-state index is 5.37. The molecular weight excluding hydrogens is 220 g/mol. The predicted octanol–water partition coefficient (Wildman–Crippen LogP) is 2.53. The van der Waals surface area contributed by atoms with E-state index in [0.717, 1.165) is 17.2 Å². The van der Waals surface area contributed by atoms with Gasteiger partial charge in [-0.1, -0.05) is 12.8 Å². The summed E-state index contributed by atoms with van der Waals surface area (Å²) in [4.78, 5) is 2.05. The molecular formula is C12H18N2OS. The van der Waals surface area contributed by atoms with E-state index in [0.29, 0.717) is 6.04 Å². The van der Waals surface area contributed by atoms with Crippen LogP contribution < -0.4 is 5.32 Å². The third kappa shape index (κ3) is 2.98. The van der Waals surface area contributed by atoms with Crippen molar-refractivity contribution in [1.29, 1.82) is 0 Å². The molecule has 1 N–H and O–H groups in total. The summed E-state index contributed by atoms with van der Waals surface area (Å²) in [6.45, 7) is 0.801. The lowest BCUT2D eigenvalue weighted by Gasteiger charge is -2.23. The van der Waals surface area contributed by atoms with E-state index in [1.165, 1.54) is 25.7 Å². The van der Waals surface area contributed by atoms with Gasteiger partial charge in [-0.25, -0.2) is 0 Å². The minimum Gasteiger partial charge on any atom is -0.472 e. The largest absolute Gasteiger partial charge is 0.472 e. The number of furan rings is 1. The topological polar surface area (TPSA) is 28.4 Å². The Morgan fingerprint density at radius 2 is 2.31 bits per heavy atom. The third-order valence-corrected chi connectivity index (χ3v) is 3.46. The Bertz CT molecular complexity index is 331. The smallest absolute Gasteiger partial charge is 0.169 e. The van der Waals surface area contributed by atoms with Crippen molar-refractivity contribution in [3.8, 4) is 0 Å². The Morgan fingerprint density at radius 3 is 2.94 bits per heavy atom. The van der Waals surface area contributed by atoms with Gasteiger partial charge in [0.1, 0.15) is 0 Å². The van der Waals surface area contributed by atoms with Crippen molar-refractivity contribution in [2.24, 2.45) is 0 Å². The van der Waals surface area contributed by atoms with Gasteiger partial charge in [-0.3, -0.25) is 0 Å². The van der Waals surface area contributed by atoms with E-state index in [4.69, 9.17) is 16.6 Å². The first kappa shape index (κ1) is 11.5. The molecule has 0 aliphatic heterocycles. The average Bonchev–Trinajstić information content (AvgIpc) is 2.90. The van der Waals surface area contributed by atoms with Gasteiger partial charge in [0.25, 0.3) is 0 Å². The van der Waals surface area contributed by atoms with Gasteiger partial charge >= 0.3 is 0 Å². The first-order valence-corrected chi connectivity index (χ1v) is 6.19. The highest BCUT2D eigenvalue weighted by Gasteiger charge is 2.17. The first-order chi connectivity index (χ1) is 7.75. The molecule has 1 heterocycles. The molecule has 1 aromatic heterocycles. The van der Waals surface area contributed by atoms with Gasteiger partial charge in [-0.15, -0.1) is 0 Å². The molecule has 0 saturated heterocycles. The average molecular weight is 238 g/mol. The van der Waals surface area contributed by atoms with Crippen molar-refractivity contribution in [1.82, 2.24) is 10.2 Å². The molecule has 4 heteroatoms. The summed E-state index contributed by atoms with van der Waals surface area (Å²) in [5.74, 6) is 0. The molecule has 1 saturated carbocycles. The van der Waals surface area contributed by atoms with Gasteiger partial charge in [0.05, 0.1) is 12.5 Å². The van der Waals surface area contributed by atoms with Crippen LogP contribution in [0.4, 0.5) is 0 Å². The maximum absolute atomic E-state index is 5.37. The molecule has 3 nitrogen and oxygen atoms in total. The molecule has 88 valence electrons. The normalized spacial score (nSPS) is 16.3. The van der Waals surface area contributed by atoms with Crippen LogP contribution in [0.1, 0.15) is 31.2 Å². The Labute approximate surface area is 102 Å². The summed E-state index contributed by atoms with van der Waals surface area (Å²) < 4.78 is 5.04. The molecule has 16 heavy (non-hydrogen) atoms. The van der Waals surface area contributed by atoms with Crippen molar-refractivity contribution in [3.05, 3.63) is 24.2 Å². The number of nitrogens with zero attached hydrogens (tertiary/aromatic N) is 1. The van der Waals surface area contributed by atoms with Crippen LogP contribution in [0.2, 0.25) is 0 Å². The van der Waals surface area contributed by atoms with E-state index in [9.17, 15) is 0 Å². The van der Waals surface area contributed by atoms with Crippen LogP contribution in [-0.4, -0.2) is 23.1 Å². The fraction of sp³-hybridized carbons (Fsp3) is 0.583. The van der Waals surface area contributed by atoms with E-state index in [-0.39, 0.29) is 0 Å². The van der Waals surface area contributed by atoms with E-state index < -0.39 is 0 Å². The zero-order valence-electron chi connectivity index (χ0n) is 9.61. The third-order valence-electron chi connectivity index (χ3n) is 3.03. The molecule has 1 aliphatic carbocycles. The van der Waals surface area contributed by atoms with E-state index in [1.807, 2.05) is 13.1 Å². The molecule has 0 aromatic carbocycles. The molecule has 1 aromatic rings. The maximum Gasteiger partial charge on any atom is 0.169 e. The van der Waals surface area contributed by atoms with Crippen LogP contribution in [-0.2, 0) is 6.54 Å². The van der Waals surface area contributed by atoms with E-state index >= 15 is 0 Å². The van der Waals surface area contributed by atoms with Gasteiger partial charge in [-0.2, -0.15) is 0 Å². The molecule has 1 aliphatic rings. The minimum absolute atomic E-state index is 0.583. The standard InChI is InChI=1S/C12H18N2OS/c1-14(8-10-6-7-15-9-10)12(16)13-11-4-2-3-5-11/h6-7,9,11H,2-5,8H2,1H3,(H,13,16). The van der Waals surface area contributed by atoms with Gasteiger partial charge in [-0.05, 0) is 31.1 Å². The van der Waals surface area contributed by atoms with Crippen molar-refractivity contribution >= 4 is 17.3 Å². The van der Waals surface area contributed by atoms with Gasteiger partial charge < -0.3 is 14.6 Å². The van der Waals surface area contributed by atoms with Gasteiger partial charge in [0.15, 0.2) is 5.11 Å². The van der Waals surface area contributed by atoms with Gasteiger partial charge in [0, 0.05) is 25.2 Å². The Kier molecular flexibility index (Phi) is 3.83. The van der Waals surface area contributed by atoms with Crippen LogP contribution in [0.15, 0.2) is 23.0 Å². The Morgan fingerprint density at radius 1 is 1.56 bits per heavy atom. The van der Waals surface area contributed by atoms with Crippen LogP contribution in [0.3, 0.4) is 0 Å². The fourth-order valence-corrected chi connectivity index (χ4v) is 2.31. The van der Waals surface area contributed by atoms with Crippen LogP contribution in [0.5, 0.6) is 0 Å². The number of hydrogen-bond donors (Lipinski definition) is 1. The second-order valence-electron chi connectivity index (χ2n) is 4.42. The molecule has 0 amide bonds. The minimum atomic E-state index is 0.583. The highest BCUT2D eigenvalue weighted by Crippen LogP contribution is 2.18. The van der Waals surface area contributed by atoms with Crippen molar-refractivity contribution in [3.63, 3.8) is 0 Å². The lowest BCUT2D eigenvalue weighted by molar-refractivity contribution is 0.466. The fourth-order valence-electron chi connectivity index (χ4n) is 2.08. The van der Waals surface area contributed by atoms with Gasteiger partial charge in [0.2, 0.25) is 0 Å². The number of rotatable bonds is 3. The molecule has 0 radical (unpaired) electrons. The number of hydrogen-bond acceptors (Lipinski definition) is 2. The van der Waals surface area contributed by atoms with Crippen LogP contribution in [0.25, 0.3) is 0 Å². The van der Waals surface area contributed by atoms with Crippen molar-refractivity contribution in [2.75, 3.05) is 7.05 Å². The quantitative estimate of drug-likeness (QED) is 0.819. The monoisotopic (exact) mass is 238 g/mol. The van der Waals surface area contributed by atoms with Crippen molar-refractivity contribution < 1.29 is 4.42 Å². The Balaban J connectivity index is 1.79. The van der Waals surface area contributed by atoms with E-state index in [2.05, 4.69) is 10.2 Å². The second-order valence-corrected chi connectivity index (χ2v) is 4.81.